The summed E-state index contributed by atoms with van der Waals surface area (Å²) in [6.07, 6.45) is 5.36. The Kier molecular flexibility index (Phi) is 4.87. The van der Waals surface area contributed by atoms with Crippen LogP contribution in [0.5, 0.6) is 0 Å². The van der Waals surface area contributed by atoms with Gasteiger partial charge in [-0.15, -0.1) is 0 Å². The van der Waals surface area contributed by atoms with E-state index in [1.165, 1.54) is 0 Å². The van der Waals surface area contributed by atoms with Gasteiger partial charge in [0.1, 0.15) is 0 Å². The maximum atomic E-state index is 11.2. The molecular formula is C14H18O6. The van der Waals surface area contributed by atoms with E-state index in [1.54, 1.807) is 0 Å². The number of rotatable bonds is 7. The SMILES string of the molecule is O=C1CC(CCCCCCC2CC(=O)OC2=O)C(=O)O1. The number of cyclic esters (lactones) is 4. The predicted octanol–water partition coefficient (Wildman–Crippen LogP) is 1.51. The van der Waals surface area contributed by atoms with Crippen LogP contribution < -0.4 is 0 Å². The Bertz CT molecular complexity index is 387. The Morgan fingerprint density at radius 1 is 0.700 bits per heavy atom. The summed E-state index contributed by atoms with van der Waals surface area (Å²) in [6.45, 7) is 0. The largest absolute Gasteiger partial charge is 0.393 e. The molecule has 110 valence electrons. The summed E-state index contributed by atoms with van der Waals surface area (Å²) in [7, 11) is 0. The van der Waals surface area contributed by atoms with Gasteiger partial charge in [-0.25, -0.2) is 0 Å². The highest BCUT2D eigenvalue weighted by Crippen LogP contribution is 2.24. The van der Waals surface area contributed by atoms with Crippen molar-refractivity contribution >= 4 is 23.9 Å². The fraction of sp³-hybridized carbons (Fsp3) is 0.714. The van der Waals surface area contributed by atoms with Gasteiger partial charge in [0.2, 0.25) is 0 Å². The van der Waals surface area contributed by atoms with Crippen LogP contribution in [0.1, 0.15) is 51.4 Å². The van der Waals surface area contributed by atoms with Gasteiger partial charge in [-0.2, -0.15) is 0 Å². The zero-order valence-electron chi connectivity index (χ0n) is 11.3. The first-order valence-corrected chi connectivity index (χ1v) is 7.05. The first-order chi connectivity index (χ1) is 9.56. The van der Waals surface area contributed by atoms with Gasteiger partial charge in [-0.3, -0.25) is 19.2 Å². The number of carbonyl (C=O) groups is 4. The third-order valence-corrected chi connectivity index (χ3v) is 3.78. The van der Waals surface area contributed by atoms with Crippen molar-refractivity contribution in [1.82, 2.24) is 0 Å². The van der Waals surface area contributed by atoms with Crippen LogP contribution >= 0.6 is 0 Å². The molecule has 0 N–H and O–H groups in total. The van der Waals surface area contributed by atoms with Crippen molar-refractivity contribution < 1.29 is 28.7 Å². The third kappa shape index (κ3) is 3.88. The summed E-state index contributed by atoms with van der Waals surface area (Å²) in [6, 6.07) is 0. The lowest BCUT2D eigenvalue weighted by Gasteiger charge is -2.06. The number of hydrogen-bond donors (Lipinski definition) is 0. The number of ether oxygens (including phenoxy) is 2. The Hall–Kier alpha value is -1.72. The van der Waals surface area contributed by atoms with Crippen molar-refractivity contribution in [1.29, 1.82) is 0 Å². The molecule has 2 aliphatic heterocycles. The van der Waals surface area contributed by atoms with Gasteiger partial charge in [0, 0.05) is 0 Å². The van der Waals surface area contributed by atoms with Gasteiger partial charge >= 0.3 is 23.9 Å². The predicted molar refractivity (Wildman–Crippen MR) is 66.1 cm³/mol. The van der Waals surface area contributed by atoms with Crippen LogP contribution in [0.15, 0.2) is 0 Å². The molecule has 2 fully saturated rings. The molecule has 2 rings (SSSR count). The summed E-state index contributed by atoms with van der Waals surface area (Å²) in [5, 5.41) is 0. The maximum Gasteiger partial charge on any atom is 0.317 e. The lowest BCUT2D eigenvalue weighted by molar-refractivity contribution is -0.155. The number of unbranched alkanes of at least 4 members (excludes halogenated alkanes) is 3. The normalized spacial score (nSPS) is 26.0. The Morgan fingerprint density at radius 2 is 1.10 bits per heavy atom. The number of hydrogen-bond acceptors (Lipinski definition) is 6. The smallest absolute Gasteiger partial charge is 0.317 e. The fourth-order valence-electron chi connectivity index (χ4n) is 2.62. The highest BCUT2D eigenvalue weighted by Gasteiger charge is 2.33. The van der Waals surface area contributed by atoms with E-state index >= 15 is 0 Å². The highest BCUT2D eigenvalue weighted by atomic mass is 16.6. The molecule has 0 bridgehead atoms. The highest BCUT2D eigenvalue weighted by molar-refractivity contribution is 5.95. The minimum absolute atomic E-state index is 0.203. The quantitative estimate of drug-likeness (QED) is 0.399. The van der Waals surface area contributed by atoms with E-state index in [4.69, 9.17) is 0 Å². The molecule has 0 spiro atoms. The molecule has 2 saturated heterocycles. The van der Waals surface area contributed by atoms with E-state index in [-0.39, 0.29) is 24.7 Å². The standard InChI is InChI=1S/C14H18O6/c15-11-7-9(13(17)19-11)5-3-1-2-4-6-10-8-12(16)20-14(10)18/h9-10H,1-8H2. The average Bonchev–Trinajstić information content (AvgIpc) is 2.86. The van der Waals surface area contributed by atoms with Gasteiger partial charge in [0.05, 0.1) is 24.7 Å². The van der Waals surface area contributed by atoms with Crippen molar-refractivity contribution in [3.8, 4) is 0 Å². The maximum absolute atomic E-state index is 11.2. The second kappa shape index (κ2) is 6.63. The van der Waals surface area contributed by atoms with Gasteiger partial charge in [0.15, 0.2) is 0 Å². The molecule has 2 heterocycles. The molecule has 2 atom stereocenters. The Morgan fingerprint density at radius 3 is 1.40 bits per heavy atom. The van der Waals surface area contributed by atoms with Crippen LogP contribution in [-0.4, -0.2) is 23.9 Å². The molecule has 6 nitrogen and oxygen atoms in total. The van der Waals surface area contributed by atoms with Crippen LogP contribution in [0, 0.1) is 11.8 Å². The molecule has 0 saturated carbocycles. The summed E-state index contributed by atoms with van der Waals surface area (Å²) in [4.78, 5) is 44.2. The average molecular weight is 282 g/mol. The molecule has 2 aliphatic rings. The lowest BCUT2D eigenvalue weighted by Crippen LogP contribution is -2.08. The Balaban J connectivity index is 1.52. The second-order valence-corrected chi connectivity index (χ2v) is 5.38. The van der Waals surface area contributed by atoms with Gasteiger partial charge in [-0.1, -0.05) is 25.7 Å². The van der Waals surface area contributed by atoms with Gasteiger partial charge in [-0.05, 0) is 12.8 Å². The molecule has 0 aliphatic carbocycles. The van der Waals surface area contributed by atoms with E-state index in [2.05, 4.69) is 9.47 Å². The van der Waals surface area contributed by atoms with E-state index in [0.29, 0.717) is 12.8 Å². The third-order valence-electron chi connectivity index (χ3n) is 3.78. The number of carbonyl (C=O) groups excluding carboxylic acids is 4. The molecule has 0 aromatic rings. The van der Waals surface area contributed by atoms with Gasteiger partial charge < -0.3 is 9.47 Å². The van der Waals surface area contributed by atoms with Gasteiger partial charge in [0.25, 0.3) is 0 Å². The van der Waals surface area contributed by atoms with E-state index < -0.39 is 23.9 Å². The van der Waals surface area contributed by atoms with E-state index in [1.807, 2.05) is 0 Å². The molecule has 6 heteroatoms. The van der Waals surface area contributed by atoms with Crippen molar-refractivity contribution in [2.45, 2.75) is 51.4 Å². The molecule has 2 unspecified atom stereocenters. The zero-order chi connectivity index (χ0) is 14.5. The van der Waals surface area contributed by atoms with Crippen LogP contribution in [0.25, 0.3) is 0 Å². The molecule has 0 radical (unpaired) electrons. The first-order valence-electron chi connectivity index (χ1n) is 7.05. The topological polar surface area (TPSA) is 86.7 Å². The summed E-state index contributed by atoms with van der Waals surface area (Å²) >= 11 is 0. The Labute approximate surface area is 116 Å². The van der Waals surface area contributed by atoms with Crippen molar-refractivity contribution in [3.05, 3.63) is 0 Å². The van der Waals surface area contributed by atoms with E-state index in [0.717, 1.165) is 25.7 Å². The summed E-state index contributed by atoms with van der Waals surface area (Å²) < 4.78 is 8.96. The lowest BCUT2D eigenvalue weighted by atomic mass is 9.96. The zero-order valence-corrected chi connectivity index (χ0v) is 11.3. The van der Waals surface area contributed by atoms with Crippen molar-refractivity contribution in [2.24, 2.45) is 11.8 Å². The monoisotopic (exact) mass is 282 g/mol. The first kappa shape index (κ1) is 14.7. The van der Waals surface area contributed by atoms with Crippen LogP contribution in [0.3, 0.4) is 0 Å². The molecule has 0 amide bonds. The fourth-order valence-corrected chi connectivity index (χ4v) is 2.62. The molecular weight excluding hydrogens is 264 g/mol. The van der Waals surface area contributed by atoms with E-state index in [9.17, 15) is 19.2 Å². The minimum atomic E-state index is -0.426. The number of esters is 4. The van der Waals surface area contributed by atoms with Crippen LogP contribution in [0.2, 0.25) is 0 Å². The van der Waals surface area contributed by atoms with Crippen LogP contribution in [0.4, 0.5) is 0 Å². The molecule has 0 aromatic heterocycles. The second-order valence-electron chi connectivity index (χ2n) is 5.38. The van der Waals surface area contributed by atoms with Crippen molar-refractivity contribution in [3.63, 3.8) is 0 Å². The van der Waals surface area contributed by atoms with Crippen LogP contribution in [-0.2, 0) is 28.7 Å². The summed E-state index contributed by atoms with van der Waals surface area (Å²) in [5.41, 5.74) is 0. The molecule has 20 heavy (non-hydrogen) atoms. The molecule has 0 aromatic carbocycles. The minimum Gasteiger partial charge on any atom is -0.393 e. The summed E-state index contributed by atoms with van der Waals surface area (Å²) in [5.74, 6) is -2.20. The van der Waals surface area contributed by atoms with Crippen molar-refractivity contribution in [2.75, 3.05) is 0 Å².